The summed E-state index contributed by atoms with van der Waals surface area (Å²) < 4.78 is 34.4. The number of sulfonamides is 1. The van der Waals surface area contributed by atoms with Gasteiger partial charge in [0.15, 0.2) is 5.76 Å². The van der Waals surface area contributed by atoms with Gasteiger partial charge < -0.3 is 4.74 Å². The maximum Gasteiger partial charge on any atom is 0.316 e. The lowest BCUT2D eigenvalue weighted by Gasteiger charge is -2.33. The highest BCUT2D eigenvalue weighted by molar-refractivity contribution is 7.89. The van der Waals surface area contributed by atoms with E-state index in [2.05, 4.69) is 0 Å². The first-order chi connectivity index (χ1) is 16.1. The zero-order valence-corrected chi connectivity index (χ0v) is 20.0. The number of allylic oxidation sites excluding steroid dienone is 1. The summed E-state index contributed by atoms with van der Waals surface area (Å²) in [6.45, 7) is 4.99. The van der Waals surface area contributed by atoms with E-state index in [0.717, 1.165) is 4.31 Å². The molecule has 1 heterocycles. The van der Waals surface area contributed by atoms with E-state index in [0.29, 0.717) is 5.56 Å². The van der Waals surface area contributed by atoms with Gasteiger partial charge in [0, 0.05) is 11.1 Å². The highest BCUT2D eigenvalue weighted by Crippen LogP contribution is 2.40. The Morgan fingerprint density at radius 1 is 0.824 bits per heavy atom. The minimum absolute atomic E-state index is 0.0211. The molecule has 7 heteroatoms. The van der Waals surface area contributed by atoms with Gasteiger partial charge in [0.1, 0.15) is 5.70 Å². The third kappa shape index (κ3) is 4.39. The van der Waals surface area contributed by atoms with Gasteiger partial charge in [0.25, 0.3) is 10.0 Å². The molecule has 0 unspecified atom stereocenters. The van der Waals surface area contributed by atoms with Crippen LogP contribution in [0.15, 0.2) is 95.5 Å². The fraction of sp³-hybridized carbons (Fsp3) is 0.185. The third-order valence-electron chi connectivity index (χ3n) is 5.39. The summed E-state index contributed by atoms with van der Waals surface area (Å²) in [5, 5.41) is 0. The molecule has 1 aliphatic rings. The third-order valence-corrected chi connectivity index (χ3v) is 7.20. The van der Waals surface area contributed by atoms with Gasteiger partial charge in [0.2, 0.25) is 5.78 Å². The number of ether oxygens (including phenoxy) is 1. The van der Waals surface area contributed by atoms with Crippen molar-refractivity contribution < 1.29 is 22.7 Å². The van der Waals surface area contributed by atoms with Crippen LogP contribution in [0.25, 0.3) is 5.76 Å². The number of carbonyl (C=O) groups excluding carboxylic acids is 2. The number of carbonyl (C=O) groups is 2. The maximum atomic E-state index is 13.8. The average Bonchev–Trinajstić information content (AvgIpc) is 2.82. The molecule has 0 saturated heterocycles. The first kappa shape index (κ1) is 23.4. The lowest BCUT2D eigenvalue weighted by Crippen LogP contribution is -2.39. The summed E-state index contributed by atoms with van der Waals surface area (Å²) in [5.41, 5.74) is 0.0958. The van der Waals surface area contributed by atoms with Crippen molar-refractivity contribution in [2.75, 3.05) is 0 Å². The highest BCUT2D eigenvalue weighted by Gasteiger charge is 2.42. The Labute approximate surface area is 199 Å². The van der Waals surface area contributed by atoms with E-state index >= 15 is 0 Å². The summed E-state index contributed by atoms with van der Waals surface area (Å²) in [6.07, 6.45) is 0. The number of Topliss-reactive ketones (excluding diaryl/α,β-unsaturated/α-hetero) is 1. The van der Waals surface area contributed by atoms with Crippen molar-refractivity contribution in [2.24, 2.45) is 5.41 Å². The van der Waals surface area contributed by atoms with Crippen molar-refractivity contribution in [3.63, 3.8) is 0 Å². The van der Waals surface area contributed by atoms with Crippen molar-refractivity contribution >= 4 is 27.5 Å². The van der Waals surface area contributed by atoms with E-state index in [9.17, 15) is 18.0 Å². The molecule has 0 radical (unpaired) electrons. The molecule has 0 N–H and O–H groups in total. The Kier molecular flexibility index (Phi) is 6.15. The zero-order valence-electron chi connectivity index (χ0n) is 19.2. The number of fused-ring (bicyclic) bond motifs is 1. The quantitative estimate of drug-likeness (QED) is 0.382. The van der Waals surface area contributed by atoms with Gasteiger partial charge in [-0.2, -0.15) is 0 Å². The molecule has 3 aromatic carbocycles. The molecule has 0 spiro atoms. The number of hydrogen-bond donors (Lipinski definition) is 0. The van der Waals surface area contributed by atoms with E-state index in [1.54, 1.807) is 93.6 Å². The number of esters is 1. The number of benzene rings is 3. The van der Waals surface area contributed by atoms with Crippen LogP contribution in [0, 0.1) is 5.41 Å². The molecular weight excluding hydrogens is 450 g/mol. The van der Waals surface area contributed by atoms with Gasteiger partial charge in [-0.3, -0.25) is 13.9 Å². The van der Waals surface area contributed by atoms with Crippen LogP contribution < -0.4 is 0 Å². The van der Waals surface area contributed by atoms with E-state index in [1.807, 2.05) is 6.07 Å². The Morgan fingerprint density at radius 3 is 2.00 bits per heavy atom. The number of hydrogen-bond acceptors (Lipinski definition) is 5. The molecule has 4 rings (SSSR count). The van der Waals surface area contributed by atoms with Crippen molar-refractivity contribution in [3.8, 4) is 0 Å². The first-order valence-electron chi connectivity index (χ1n) is 10.8. The Balaban J connectivity index is 2.01. The number of rotatable bonds is 5. The molecule has 0 atom stereocenters. The van der Waals surface area contributed by atoms with Crippen LogP contribution in [0.1, 0.15) is 42.3 Å². The SMILES string of the molecule is CC(C)(C)C(=O)OC1=C(C(=O)c2ccccc2)N(Cc2ccccc2)S(=O)(=O)c2ccccc21. The van der Waals surface area contributed by atoms with E-state index in [4.69, 9.17) is 4.74 Å². The molecule has 6 nitrogen and oxygen atoms in total. The molecule has 34 heavy (non-hydrogen) atoms. The fourth-order valence-corrected chi connectivity index (χ4v) is 5.22. The number of ketones is 1. The lowest BCUT2D eigenvalue weighted by atomic mass is 9.97. The average molecular weight is 476 g/mol. The molecule has 0 bridgehead atoms. The largest absolute Gasteiger partial charge is 0.423 e. The predicted molar refractivity (Wildman–Crippen MR) is 129 cm³/mol. The van der Waals surface area contributed by atoms with Gasteiger partial charge in [-0.1, -0.05) is 72.8 Å². The van der Waals surface area contributed by atoms with Crippen molar-refractivity contribution in [1.29, 1.82) is 0 Å². The Morgan fingerprint density at radius 2 is 1.38 bits per heavy atom. The predicted octanol–water partition coefficient (Wildman–Crippen LogP) is 5.03. The second-order valence-electron chi connectivity index (χ2n) is 9.01. The van der Waals surface area contributed by atoms with Gasteiger partial charge in [-0.25, -0.2) is 8.42 Å². The van der Waals surface area contributed by atoms with E-state index in [1.165, 1.54) is 6.07 Å². The van der Waals surface area contributed by atoms with Gasteiger partial charge >= 0.3 is 5.97 Å². The normalized spacial score (nSPS) is 15.0. The maximum absolute atomic E-state index is 13.8. The molecular formula is C27H25NO5S. The minimum atomic E-state index is -4.12. The van der Waals surface area contributed by atoms with Crippen LogP contribution in [0.5, 0.6) is 0 Å². The second kappa shape index (κ2) is 8.91. The van der Waals surface area contributed by atoms with E-state index < -0.39 is 27.2 Å². The van der Waals surface area contributed by atoms with Crippen molar-refractivity contribution in [1.82, 2.24) is 4.31 Å². The molecule has 174 valence electrons. The Bertz CT molecular complexity index is 1370. The van der Waals surface area contributed by atoms with Gasteiger partial charge in [-0.15, -0.1) is 0 Å². The topological polar surface area (TPSA) is 80.8 Å². The monoisotopic (exact) mass is 475 g/mol. The fourth-order valence-electron chi connectivity index (χ4n) is 3.56. The standard InChI is InChI=1S/C27H25NO5S/c1-27(2,3)26(30)33-25-21-16-10-11-17-22(21)34(31,32)28(18-19-12-6-4-7-13-19)23(25)24(29)20-14-8-5-9-15-20/h4-17H,18H2,1-3H3. The highest BCUT2D eigenvalue weighted by atomic mass is 32.2. The Hall–Kier alpha value is -3.71. The molecule has 0 aromatic heterocycles. The summed E-state index contributed by atoms with van der Waals surface area (Å²) in [5.74, 6) is -1.18. The van der Waals surface area contributed by atoms with Crippen LogP contribution in [0.3, 0.4) is 0 Å². The molecule has 1 aliphatic heterocycles. The number of nitrogens with zero attached hydrogens (tertiary/aromatic N) is 1. The van der Waals surface area contributed by atoms with Crippen LogP contribution in [0.2, 0.25) is 0 Å². The van der Waals surface area contributed by atoms with Gasteiger partial charge in [-0.05, 0) is 38.5 Å². The van der Waals surface area contributed by atoms with Crippen molar-refractivity contribution in [2.45, 2.75) is 32.2 Å². The molecule has 0 fully saturated rings. The van der Waals surface area contributed by atoms with Crippen LogP contribution in [0.4, 0.5) is 0 Å². The molecule has 0 amide bonds. The second-order valence-corrected chi connectivity index (χ2v) is 10.8. The summed E-state index contributed by atoms with van der Waals surface area (Å²) in [4.78, 5) is 26.7. The van der Waals surface area contributed by atoms with E-state index in [-0.39, 0.29) is 34.0 Å². The van der Waals surface area contributed by atoms with Gasteiger partial charge in [0.05, 0.1) is 16.9 Å². The summed E-state index contributed by atoms with van der Waals surface area (Å²) in [7, 11) is -4.12. The van der Waals surface area contributed by atoms with Crippen LogP contribution in [-0.4, -0.2) is 24.5 Å². The minimum Gasteiger partial charge on any atom is -0.423 e. The van der Waals surface area contributed by atoms with Crippen LogP contribution >= 0.6 is 0 Å². The summed E-state index contributed by atoms with van der Waals surface area (Å²) >= 11 is 0. The smallest absolute Gasteiger partial charge is 0.316 e. The van der Waals surface area contributed by atoms with Crippen molar-refractivity contribution in [3.05, 3.63) is 107 Å². The first-order valence-corrected chi connectivity index (χ1v) is 12.3. The molecule has 0 saturated carbocycles. The molecule has 0 aliphatic carbocycles. The molecule has 3 aromatic rings. The van der Waals surface area contributed by atoms with Crippen LogP contribution in [-0.2, 0) is 26.1 Å². The lowest BCUT2D eigenvalue weighted by molar-refractivity contribution is -0.145. The summed E-state index contributed by atoms with van der Waals surface area (Å²) in [6, 6.07) is 23.6. The zero-order chi connectivity index (χ0) is 24.5.